The number of benzene rings is 1. The van der Waals surface area contributed by atoms with Crippen LogP contribution in [0.4, 0.5) is 0 Å². The first-order valence-electron chi connectivity index (χ1n) is 7.46. The van der Waals surface area contributed by atoms with Gasteiger partial charge in [0, 0.05) is 18.1 Å². The molecule has 116 valence electrons. The van der Waals surface area contributed by atoms with Crippen molar-refractivity contribution >= 4 is 17.5 Å². The number of carbonyl (C=O) groups excluding carboxylic acids is 1. The number of aliphatic hydroxyl groups is 1. The summed E-state index contributed by atoms with van der Waals surface area (Å²) in [7, 11) is 0. The van der Waals surface area contributed by atoms with Crippen LogP contribution in [0.15, 0.2) is 24.3 Å². The average Bonchev–Trinajstić information content (AvgIpc) is 2.90. The first kappa shape index (κ1) is 16.3. The van der Waals surface area contributed by atoms with Gasteiger partial charge in [0.1, 0.15) is 0 Å². The van der Waals surface area contributed by atoms with E-state index in [0.29, 0.717) is 19.0 Å². The van der Waals surface area contributed by atoms with Crippen LogP contribution in [-0.2, 0) is 11.2 Å². The lowest BCUT2D eigenvalue weighted by Crippen LogP contribution is -2.37. The fourth-order valence-electron chi connectivity index (χ4n) is 2.66. The zero-order valence-corrected chi connectivity index (χ0v) is 13.1. The Hall–Kier alpha value is -1.10. The molecule has 2 unspecified atom stereocenters. The van der Waals surface area contributed by atoms with Crippen molar-refractivity contribution in [2.24, 2.45) is 5.92 Å². The maximum absolute atomic E-state index is 11.9. The van der Waals surface area contributed by atoms with E-state index >= 15 is 0 Å². The molecular formula is C16H23ClN2O2. The molecule has 0 aliphatic carbocycles. The quantitative estimate of drug-likeness (QED) is 0.841. The Kier molecular flexibility index (Phi) is 6.03. The Morgan fingerprint density at radius 2 is 2.19 bits per heavy atom. The van der Waals surface area contributed by atoms with Crippen molar-refractivity contribution in [1.29, 1.82) is 0 Å². The number of amides is 1. The standard InChI is InChI=1S/C16H23ClN2O2/c1-12(20)14-7-9-19(10-14)11-16(21)18-8-6-13-2-4-15(17)5-3-13/h2-5,12,14,20H,6-11H2,1H3,(H,18,21). The largest absolute Gasteiger partial charge is 0.393 e. The summed E-state index contributed by atoms with van der Waals surface area (Å²) in [6, 6.07) is 7.67. The van der Waals surface area contributed by atoms with Gasteiger partial charge in [0.15, 0.2) is 0 Å². The van der Waals surface area contributed by atoms with Gasteiger partial charge in [-0.2, -0.15) is 0 Å². The van der Waals surface area contributed by atoms with Crippen molar-refractivity contribution in [2.45, 2.75) is 25.9 Å². The van der Waals surface area contributed by atoms with Crippen molar-refractivity contribution < 1.29 is 9.90 Å². The van der Waals surface area contributed by atoms with Crippen LogP contribution in [0.5, 0.6) is 0 Å². The Morgan fingerprint density at radius 3 is 2.81 bits per heavy atom. The molecule has 0 bridgehead atoms. The summed E-state index contributed by atoms with van der Waals surface area (Å²) in [6.07, 6.45) is 1.48. The Bertz CT molecular complexity index is 462. The van der Waals surface area contributed by atoms with Gasteiger partial charge in [-0.15, -0.1) is 0 Å². The van der Waals surface area contributed by atoms with E-state index in [1.54, 1.807) is 0 Å². The van der Waals surface area contributed by atoms with Crippen LogP contribution in [0.2, 0.25) is 5.02 Å². The maximum Gasteiger partial charge on any atom is 0.234 e. The third-order valence-corrected chi connectivity index (χ3v) is 4.26. The maximum atomic E-state index is 11.9. The third-order valence-electron chi connectivity index (χ3n) is 4.01. The highest BCUT2D eigenvalue weighted by molar-refractivity contribution is 6.30. The first-order valence-corrected chi connectivity index (χ1v) is 7.84. The molecule has 1 heterocycles. The van der Waals surface area contributed by atoms with Crippen LogP contribution < -0.4 is 5.32 Å². The number of hydrogen-bond donors (Lipinski definition) is 2. The predicted octanol–water partition coefficient (Wildman–Crippen LogP) is 1.70. The molecule has 2 N–H and O–H groups in total. The summed E-state index contributed by atoms with van der Waals surface area (Å²) in [4.78, 5) is 14.0. The SMILES string of the molecule is CC(O)C1CCN(CC(=O)NCCc2ccc(Cl)cc2)C1. The molecule has 1 fully saturated rings. The summed E-state index contributed by atoms with van der Waals surface area (Å²) >= 11 is 5.83. The first-order chi connectivity index (χ1) is 10.0. The van der Waals surface area contributed by atoms with E-state index < -0.39 is 0 Å². The summed E-state index contributed by atoms with van der Waals surface area (Å²) in [5, 5.41) is 13.2. The fourth-order valence-corrected chi connectivity index (χ4v) is 2.78. The molecule has 0 saturated carbocycles. The molecule has 1 aromatic carbocycles. The molecule has 1 aliphatic rings. The van der Waals surface area contributed by atoms with Crippen molar-refractivity contribution in [3.63, 3.8) is 0 Å². The van der Waals surface area contributed by atoms with Crippen molar-refractivity contribution in [1.82, 2.24) is 10.2 Å². The van der Waals surface area contributed by atoms with Gasteiger partial charge in [0.25, 0.3) is 0 Å². The van der Waals surface area contributed by atoms with E-state index in [9.17, 15) is 9.90 Å². The molecule has 2 rings (SSSR count). The minimum atomic E-state index is -0.289. The van der Waals surface area contributed by atoms with E-state index in [-0.39, 0.29) is 12.0 Å². The van der Waals surface area contributed by atoms with E-state index in [4.69, 9.17) is 11.6 Å². The van der Waals surface area contributed by atoms with Gasteiger partial charge < -0.3 is 10.4 Å². The number of rotatable bonds is 6. The molecule has 0 radical (unpaired) electrons. The van der Waals surface area contributed by atoms with Crippen LogP contribution in [0.1, 0.15) is 18.9 Å². The summed E-state index contributed by atoms with van der Waals surface area (Å²) in [5.41, 5.74) is 1.16. The van der Waals surface area contributed by atoms with Gasteiger partial charge in [-0.1, -0.05) is 23.7 Å². The van der Waals surface area contributed by atoms with Gasteiger partial charge in [-0.05, 0) is 49.9 Å². The van der Waals surface area contributed by atoms with Gasteiger partial charge in [0.05, 0.1) is 12.6 Å². The number of carbonyl (C=O) groups is 1. The van der Waals surface area contributed by atoms with Crippen molar-refractivity contribution in [3.05, 3.63) is 34.9 Å². The number of halogens is 1. The van der Waals surface area contributed by atoms with Crippen LogP contribution in [0, 0.1) is 5.92 Å². The molecule has 2 atom stereocenters. The average molecular weight is 311 g/mol. The lowest BCUT2D eigenvalue weighted by atomic mass is 10.0. The number of likely N-dealkylation sites (tertiary alicyclic amines) is 1. The minimum absolute atomic E-state index is 0.0511. The Balaban J connectivity index is 1.65. The van der Waals surface area contributed by atoms with Gasteiger partial charge in [-0.3, -0.25) is 9.69 Å². The second-order valence-corrected chi connectivity index (χ2v) is 6.19. The lowest BCUT2D eigenvalue weighted by molar-refractivity contribution is -0.122. The van der Waals surface area contributed by atoms with E-state index in [2.05, 4.69) is 10.2 Å². The van der Waals surface area contributed by atoms with Gasteiger partial charge >= 0.3 is 0 Å². The van der Waals surface area contributed by atoms with Gasteiger partial charge in [-0.25, -0.2) is 0 Å². The molecule has 0 spiro atoms. The van der Waals surface area contributed by atoms with Crippen molar-refractivity contribution in [3.8, 4) is 0 Å². The smallest absolute Gasteiger partial charge is 0.234 e. The highest BCUT2D eigenvalue weighted by atomic mass is 35.5. The summed E-state index contributed by atoms with van der Waals surface area (Å²) < 4.78 is 0. The number of nitrogens with zero attached hydrogens (tertiary/aromatic N) is 1. The molecule has 1 aromatic rings. The normalized spacial score (nSPS) is 20.4. The molecule has 0 aromatic heterocycles. The molecule has 1 amide bonds. The fraction of sp³-hybridized carbons (Fsp3) is 0.562. The topological polar surface area (TPSA) is 52.6 Å². The van der Waals surface area contributed by atoms with E-state index in [1.165, 1.54) is 0 Å². The van der Waals surface area contributed by atoms with E-state index in [0.717, 1.165) is 36.5 Å². The zero-order valence-electron chi connectivity index (χ0n) is 12.4. The molecular weight excluding hydrogens is 288 g/mol. The van der Waals surface area contributed by atoms with Crippen LogP contribution in [0.3, 0.4) is 0 Å². The molecule has 21 heavy (non-hydrogen) atoms. The molecule has 5 heteroatoms. The highest BCUT2D eigenvalue weighted by Gasteiger charge is 2.26. The summed E-state index contributed by atoms with van der Waals surface area (Å²) in [6.45, 7) is 4.57. The second kappa shape index (κ2) is 7.78. The predicted molar refractivity (Wildman–Crippen MR) is 84.4 cm³/mol. The van der Waals surface area contributed by atoms with Crippen LogP contribution >= 0.6 is 11.6 Å². The molecule has 4 nitrogen and oxygen atoms in total. The summed E-state index contributed by atoms with van der Waals surface area (Å²) in [5.74, 6) is 0.349. The Morgan fingerprint density at radius 1 is 1.48 bits per heavy atom. The monoisotopic (exact) mass is 310 g/mol. The minimum Gasteiger partial charge on any atom is -0.393 e. The molecule has 1 aliphatic heterocycles. The Labute approximate surface area is 131 Å². The van der Waals surface area contributed by atoms with Crippen LogP contribution in [-0.4, -0.2) is 48.2 Å². The number of hydrogen-bond acceptors (Lipinski definition) is 3. The number of nitrogens with one attached hydrogen (secondary N) is 1. The highest BCUT2D eigenvalue weighted by Crippen LogP contribution is 2.18. The molecule has 1 saturated heterocycles. The number of aliphatic hydroxyl groups excluding tert-OH is 1. The zero-order chi connectivity index (χ0) is 15.2. The van der Waals surface area contributed by atoms with Crippen molar-refractivity contribution in [2.75, 3.05) is 26.2 Å². The third kappa shape index (κ3) is 5.30. The van der Waals surface area contributed by atoms with E-state index in [1.807, 2.05) is 31.2 Å². The lowest BCUT2D eigenvalue weighted by Gasteiger charge is -2.17. The van der Waals surface area contributed by atoms with Gasteiger partial charge in [0.2, 0.25) is 5.91 Å². The van der Waals surface area contributed by atoms with Crippen LogP contribution in [0.25, 0.3) is 0 Å². The second-order valence-electron chi connectivity index (χ2n) is 5.75.